The number of urea groups is 1. The number of ether oxygens (including phenoxy) is 1. The number of thiophene rings is 1. The fraction of sp³-hybridized carbons (Fsp3) is 0.391. The first-order valence-electron chi connectivity index (χ1n) is 21.9. The number of hydrogen-bond acceptors (Lipinski definition) is 12. The Hall–Kier alpha value is -6.42. The molecule has 5 aromatic rings. The van der Waals surface area contributed by atoms with Crippen LogP contribution < -0.4 is 31.3 Å². The molecule has 3 aliphatic heterocycles. The normalized spacial score (nSPS) is 20.0. The van der Waals surface area contributed by atoms with E-state index < -0.39 is 46.1 Å². The van der Waals surface area contributed by atoms with E-state index in [0.717, 1.165) is 17.0 Å². The predicted octanol–water partition coefficient (Wildman–Crippen LogP) is 5.79. The molecule has 0 saturated carbocycles. The van der Waals surface area contributed by atoms with Crippen LogP contribution in [0, 0.1) is 0 Å². The fourth-order valence-electron chi connectivity index (χ4n) is 9.51. The quantitative estimate of drug-likeness (QED) is 0.0879. The van der Waals surface area contributed by atoms with Crippen LogP contribution in [-0.4, -0.2) is 117 Å². The zero-order valence-corrected chi connectivity index (χ0v) is 40.0. The van der Waals surface area contributed by atoms with Crippen molar-refractivity contribution in [3.05, 3.63) is 92.7 Å². The average molecular weight is 992 g/mol. The van der Waals surface area contributed by atoms with Crippen molar-refractivity contribution in [1.29, 1.82) is 0 Å². The van der Waals surface area contributed by atoms with Gasteiger partial charge in [-0.3, -0.25) is 24.0 Å². The number of fused-ring (bicyclic) bond motifs is 1. The zero-order chi connectivity index (χ0) is 48.8. The average Bonchev–Trinajstić information content (AvgIpc) is 3.73. The second kappa shape index (κ2) is 18.9. The van der Waals surface area contributed by atoms with Gasteiger partial charge in [-0.25, -0.2) is 27.6 Å². The summed E-state index contributed by atoms with van der Waals surface area (Å²) in [6.07, 6.45) is 1.36. The number of nitrogens with one attached hydrogen (secondary N) is 3. The van der Waals surface area contributed by atoms with Crippen LogP contribution in [0.3, 0.4) is 0 Å². The Kier molecular flexibility index (Phi) is 13.4. The maximum Gasteiger partial charge on any atom is 0.349 e. The molecule has 3 aromatic carbocycles. The number of rotatable bonds is 13. The molecule has 360 valence electrons. The number of aliphatic carboxylic acids is 1. The molecule has 0 radical (unpaired) electrons. The summed E-state index contributed by atoms with van der Waals surface area (Å²) in [5, 5.41) is 27.5. The first-order valence-corrected chi connectivity index (χ1v) is 24.7. The topological polar surface area (TPSA) is 242 Å². The number of imide groups is 1. The number of imidazole rings is 1. The molecule has 3 fully saturated rings. The second-order valence-corrected chi connectivity index (χ2v) is 21.2. The van der Waals surface area contributed by atoms with Crippen LogP contribution in [0.1, 0.15) is 67.7 Å². The van der Waals surface area contributed by atoms with Crippen molar-refractivity contribution in [1.82, 2.24) is 23.7 Å². The maximum atomic E-state index is 14.1. The third-order valence-electron chi connectivity index (χ3n) is 12.6. The van der Waals surface area contributed by atoms with Crippen molar-refractivity contribution >= 4 is 90.8 Å². The number of carbonyl (C=O) groups is 5. The first kappa shape index (κ1) is 48.1. The molecule has 5 N–H and O–H groups in total. The number of piperidine rings is 2. The predicted molar refractivity (Wildman–Crippen MR) is 257 cm³/mol. The summed E-state index contributed by atoms with van der Waals surface area (Å²) in [6.45, 7) is 6.54. The van der Waals surface area contributed by atoms with E-state index in [0.29, 0.717) is 70.9 Å². The number of aromatic carboxylic acids is 1. The lowest BCUT2D eigenvalue weighted by Crippen LogP contribution is -2.55. The fourth-order valence-corrected chi connectivity index (χ4v) is 12.9. The van der Waals surface area contributed by atoms with Gasteiger partial charge in [0.25, 0.3) is 0 Å². The Morgan fingerprint density at radius 1 is 0.956 bits per heavy atom. The standard InChI is InChI=1S/C46H51ClN8O11S2/c1-26-23-52(17-18-53(26)32-11-12-33-35(21-32)51(4)45(63)55(33)34-13-14-36(56)50-42(34)59)44(62)49-29-9-5-7-27(19-29)25-68(64,65)54-16-15-31(22-46(54,2)3)48-30-10-6-8-28(20-30)40-38(47)39(66-24-37(57)58)41(67-40)43(60)61/h5-12,19-21,26,31,34,48H,13-18,22-25H2,1-4H3,(H,49,62)(H,57,58)(H,60,61)(H,50,56,59)/t26-,31-,34?/m0/s1. The molecular formula is C46H51ClN8O11S2. The van der Waals surface area contributed by atoms with Crippen LogP contribution in [0.5, 0.6) is 5.75 Å². The molecule has 8 rings (SSSR count). The van der Waals surface area contributed by atoms with E-state index >= 15 is 0 Å². The molecular weight excluding hydrogens is 940 g/mol. The number of sulfonamides is 1. The van der Waals surface area contributed by atoms with E-state index in [4.69, 9.17) is 21.4 Å². The van der Waals surface area contributed by atoms with Crippen molar-refractivity contribution in [3.63, 3.8) is 0 Å². The zero-order valence-electron chi connectivity index (χ0n) is 37.7. The summed E-state index contributed by atoms with van der Waals surface area (Å²) in [7, 11) is -2.18. The molecule has 1 unspecified atom stereocenters. The molecule has 3 saturated heterocycles. The molecule has 0 bridgehead atoms. The second-order valence-electron chi connectivity index (χ2n) is 17.9. The molecule has 4 amide bonds. The van der Waals surface area contributed by atoms with Crippen molar-refractivity contribution in [2.24, 2.45) is 7.05 Å². The molecule has 22 heteroatoms. The Balaban J connectivity index is 0.870. The lowest BCUT2D eigenvalue weighted by Gasteiger charge is -2.45. The minimum Gasteiger partial charge on any atom is -0.479 e. The summed E-state index contributed by atoms with van der Waals surface area (Å²) in [6, 6.07) is 18.3. The number of aromatic nitrogens is 2. The Labute approximate surface area is 400 Å². The van der Waals surface area contributed by atoms with Crippen molar-refractivity contribution in [2.75, 3.05) is 48.3 Å². The van der Waals surface area contributed by atoms with E-state index in [9.17, 15) is 42.3 Å². The summed E-state index contributed by atoms with van der Waals surface area (Å²) in [5.74, 6) is -3.92. The number of piperazine rings is 1. The number of aryl methyl sites for hydroxylation is 1. The number of hydrogen-bond donors (Lipinski definition) is 5. The number of carboxylic acids is 2. The smallest absolute Gasteiger partial charge is 0.349 e. The van der Waals surface area contributed by atoms with E-state index in [1.807, 2.05) is 45.0 Å². The highest BCUT2D eigenvalue weighted by molar-refractivity contribution is 7.88. The van der Waals surface area contributed by atoms with E-state index in [-0.39, 0.29) is 70.5 Å². The molecule has 3 atom stereocenters. The van der Waals surface area contributed by atoms with Crippen molar-refractivity contribution in [3.8, 4) is 16.2 Å². The van der Waals surface area contributed by atoms with Gasteiger partial charge >= 0.3 is 23.7 Å². The maximum absolute atomic E-state index is 14.1. The van der Waals surface area contributed by atoms with Gasteiger partial charge in [0.2, 0.25) is 21.8 Å². The van der Waals surface area contributed by atoms with Crippen molar-refractivity contribution < 1.29 is 47.3 Å². The number of halogens is 1. The lowest BCUT2D eigenvalue weighted by molar-refractivity contribution is -0.139. The molecule has 5 heterocycles. The number of carboxylic acid groups (broad SMARTS) is 2. The highest BCUT2D eigenvalue weighted by atomic mass is 35.5. The number of amides is 4. The van der Waals surface area contributed by atoms with Crippen molar-refractivity contribution in [2.45, 2.75) is 75.9 Å². The van der Waals surface area contributed by atoms with Gasteiger partial charge < -0.3 is 35.4 Å². The largest absolute Gasteiger partial charge is 0.479 e. The van der Waals surface area contributed by atoms with Crippen LogP contribution in [0.15, 0.2) is 71.5 Å². The van der Waals surface area contributed by atoms with E-state index in [1.165, 1.54) is 13.4 Å². The van der Waals surface area contributed by atoms with Gasteiger partial charge in [0.05, 0.1) is 21.7 Å². The number of benzene rings is 3. The molecule has 19 nitrogen and oxygen atoms in total. The molecule has 0 aliphatic carbocycles. The van der Waals surface area contributed by atoms with Crippen LogP contribution in [-0.2, 0) is 37.2 Å². The summed E-state index contributed by atoms with van der Waals surface area (Å²) >= 11 is 7.40. The van der Waals surface area contributed by atoms with E-state index in [1.54, 1.807) is 54.4 Å². The summed E-state index contributed by atoms with van der Waals surface area (Å²) in [5.41, 5.74) is 3.23. The first-order chi connectivity index (χ1) is 32.2. The Morgan fingerprint density at radius 2 is 1.71 bits per heavy atom. The SMILES string of the molecule is C[C@H]1CN(C(=O)Nc2cccc(CS(=O)(=O)N3CC[C@H](Nc4cccc(-c5sc(C(=O)O)c(OCC(=O)O)c5Cl)c4)CC3(C)C)c2)CCN1c1ccc2c(c1)n(C)c(=O)n2C1CCC(=O)NC1=O. The Bertz CT molecular complexity index is 3020. The van der Waals surface area contributed by atoms with Gasteiger partial charge in [-0.2, -0.15) is 4.31 Å². The summed E-state index contributed by atoms with van der Waals surface area (Å²) in [4.78, 5) is 78.4. The molecule has 2 aromatic heterocycles. The minimum atomic E-state index is -3.82. The van der Waals surface area contributed by atoms with E-state index in [2.05, 4.69) is 20.9 Å². The molecule has 68 heavy (non-hydrogen) atoms. The number of carbonyl (C=O) groups excluding carboxylic acids is 3. The van der Waals surface area contributed by atoms with Gasteiger partial charge in [-0.15, -0.1) is 11.3 Å². The molecule has 3 aliphatic rings. The monoisotopic (exact) mass is 990 g/mol. The third kappa shape index (κ3) is 9.78. The Morgan fingerprint density at radius 3 is 2.41 bits per heavy atom. The highest BCUT2D eigenvalue weighted by Gasteiger charge is 2.42. The van der Waals surface area contributed by atoms with Crippen LogP contribution in [0.2, 0.25) is 5.02 Å². The summed E-state index contributed by atoms with van der Waals surface area (Å²) < 4.78 is 37.8. The minimum absolute atomic E-state index is 0.00531. The van der Waals surface area contributed by atoms with Gasteiger partial charge in [-0.05, 0) is 93.6 Å². The van der Waals surface area contributed by atoms with Gasteiger partial charge in [0.15, 0.2) is 17.2 Å². The highest BCUT2D eigenvalue weighted by Crippen LogP contribution is 2.46. The lowest BCUT2D eigenvalue weighted by atomic mass is 9.89. The van der Waals surface area contributed by atoms with Gasteiger partial charge in [-0.1, -0.05) is 35.9 Å². The van der Waals surface area contributed by atoms with Crippen LogP contribution in [0.4, 0.5) is 21.9 Å². The molecule has 0 spiro atoms. The number of anilines is 3. The van der Waals surface area contributed by atoms with Crippen LogP contribution >= 0.6 is 22.9 Å². The third-order valence-corrected chi connectivity index (χ3v) is 16.4. The van der Waals surface area contributed by atoms with Gasteiger partial charge in [0.1, 0.15) is 11.1 Å². The van der Waals surface area contributed by atoms with Crippen LogP contribution in [0.25, 0.3) is 21.5 Å². The number of nitrogens with zero attached hydrogens (tertiary/aromatic N) is 5. The van der Waals surface area contributed by atoms with Gasteiger partial charge in [0, 0.05) is 74.3 Å².